The van der Waals surface area contributed by atoms with Crippen LogP contribution >= 0.6 is 0 Å². The molecule has 2 amide bonds. The van der Waals surface area contributed by atoms with Crippen LogP contribution in [0.3, 0.4) is 0 Å². The summed E-state index contributed by atoms with van der Waals surface area (Å²) in [6.07, 6.45) is 4.41. The highest BCUT2D eigenvalue weighted by Crippen LogP contribution is 2.37. The molecule has 2 aromatic carbocycles. The summed E-state index contributed by atoms with van der Waals surface area (Å²) in [6.45, 7) is 0.752. The normalized spacial score (nSPS) is 23.2. The average Bonchev–Trinajstić information content (AvgIpc) is 3.66. The van der Waals surface area contributed by atoms with Gasteiger partial charge in [-0.25, -0.2) is 4.98 Å². The standard InChI is InChI=1S/C29H32F3N5O3/c30-29(31,32)22-3-1-2-20(16-22)27(39)34-17-26(38)36-14-10-24(18-36)35-23-8-11-28(40,12-9-23)21-4-6-25(7-5-21)37-15-13-33-19-37/h1-7,13,15-16,19,23-24,35,40H,8-12,14,17-18H2,(H,34,39). The molecule has 2 fully saturated rings. The zero-order valence-corrected chi connectivity index (χ0v) is 21.9. The zero-order chi connectivity index (χ0) is 28.3. The molecule has 1 saturated carbocycles. The number of nitrogens with one attached hydrogen (secondary N) is 2. The van der Waals surface area contributed by atoms with E-state index in [0.29, 0.717) is 25.9 Å². The number of benzene rings is 2. The maximum Gasteiger partial charge on any atom is 0.416 e. The Morgan fingerprint density at radius 1 is 1.05 bits per heavy atom. The van der Waals surface area contributed by atoms with Crippen molar-refractivity contribution in [2.75, 3.05) is 19.6 Å². The summed E-state index contributed by atoms with van der Waals surface area (Å²) in [5.41, 5.74) is -0.0452. The summed E-state index contributed by atoms with van der Waals surface area (Å²) in [6, 6.07) is 12.3. The van der Waals surface area contributed by atoms with Crippen LogP contribution in [0.25, 0.3) is 5.69 Å². The lowest BCUT2D eigenvalue weighted by Crippen LogP contribution is -2.46. The van der Waals surface area contributed by atoms with Crippen LogP contribution in [-0.4, -0.2) is 63.1 Å². The van der Waals surface area contributed by atoms with E-state index in [2.05, 4.69) is 15.6 Å². The quantitative estimate of drug-likeness (QED) is 0.414. The highest BCUT2D eigenvalue weighted by molar-refractivity contribution is 5.96. The number of likely N-dealkylation sites (tertiary alicyclic amines) is 1. The third-order valence-electron chi connectivity index (χ3n) is 7.88. The average molecular weight is 556 g/mol. The fourth-order valence-electron chi connectivity index (χ4n) is 5.57. The van der Waals surface area contributed by atoms with Crippen molar-refractivity contribution in [1.29, 1.82) is 0 Å². The fraction of sp³-hybridized carbons (Fsp3) is 0.414. The molecule has 40 heavy (non-hydrogen) atoms. The van der Waals surface area contributed by atoms with Gasteiger partial charge in [0.15, 0.2) is 0 Å². The minimum absolute atomic E-state index is 0.105. The molecule has 5 rings (SSSR count). The van der Waals surface area contributed by atoms with E-state index in [4.69, 9.17) is 0 Å². The topological polar surface area (TPSA) is 99.5 Å². The second-order valence-electron chi connectivity index (χ2n) is 10.6. The predicted octanol–water partition coefficient (Wildman–Crippen LogP) is 3.64. The lowest BCUT2D eigenvalue weighted by molar-refractivity contribution is -0.137. The Morgan fingerprint density at radius 3 is 2.48 bits per heavy atom. The van der Waals surface area contributed by atoms with E-state index >= 15 is 0 Å². The molecule has 0 radical (unpaired) electrons. The molecule has 2 heterocycles. The Hall–Kier alpha value is -3.70. The number of aromatic nitrogens is 2. The first-order valence-corrected chi connectivity index (χ1v) is 13.4. The van der Waals surface area contributed by atoms with Gasteiger partial charge in [0.1, 0.15) is 0 Å². The van der Waals surface area contributed by atoms with E-state index in [0.717, 1.165) is 42.6 Å². The Bertz CT molecular complexity index is 1320. The van der Waals surface area contributed by atoms with Gasteiger partial charge in [0.25, 0.3) is 5.91 Å². The number of carbonyl (C=O) groups is 2. The molecule has 1 saturated heterocycles. The van der Waals surface area contributed by atoms with Crippen LogP contribution in [0.4, 0.5) is 13.2 Å². The van der Waals surface area contributed by atoms with Crippen LogP contribution in [0, 0.1) is 0 Å². The molecule has 1 aliphatic carbocycles. The number of hydrogen-bond acceptors (Lipinski definition) is 5. The molecule has 0 spiro atoms. The van der Waals surface area contributed by atoms with E-state index in [1.54, 1.807) is 17.4 Å². The molecule has 11 heteroatoms. The van der Waals surface area contributed by atoms with Crippen LogP contribution in [0.5, 0.6) is 0 Å². The third-order valence-corrected chi connectivity index (χ3v) is 7.88. The van der Waals surface area contributed by atoms with Crippen molar-refractivity contribution >= 4 is 11.8 Å². The van der Waals surface area contributed by atoms with Crippen molar-refractivity contribution in [3.63, 3.8) is 0 Å². The smallest absolute Gasteiger partial charge is 0.385 e. The molecule has 2 aliphatic rings. The maximum absolute atomic E-state index is 12.9. The van der Waals surface area contributed by atoms with Gasteiger partial charge in [-0.15, -0.1) is 0 Å². The van der Waals surface area contributed by atoms with Gasteiger partial charge < -0.3 is 25.2 Å². The van der Waals surface area contributed by atoms with Crippen LogP contribution in [-0.2, 0) is 16.6 Å². The fourth-order valence-corrected chi connectivity index (χ4v) is 5.57. The number of imidazole rings is 1. The third kappa shape index (κ3) is 6.37. The van der Waals surface area contributed by atoms with Crippen LogP contribution < -0.4 is 10.6 Å². The van der Waals surface area contributed by atoms with Crippen molar-refractivity contribution in [2.45, 2.75) is 56.0 Å². The van der Waals surface area contributed by atoms with Crippen molar-refractivity contribution in [2.24, 2.45) is 0 Å². The van der Waals surface area contributed by atoms with Crippen molar-refractivity contribution < 1.29 is 27.9 Å². The number of rotatable bonds is 7. The Morgan fingerprint density at radius 2 is 1.80 bits per heavy atom. The first kappa shape index (κ1) is 27.9. The number of carbonyl (C=O) groups excluding carboxylic acids is 2. The van der Waals surface area contributed by atoms with E-state index in [1.807, 2.05) is 35.0 Å². The summed E-state index contributed by atoms with van der Waals surface area (Å²) in [4.78, 5) is 30.7. The minimum Gasteiger partial charge on any atom is -0.385 e. The van der Waals surface area contributed by atoms with Gasteiger partial charge >= 0.3 is 6.18 Å². The van der Waals surface area contributed by atoms with E-state index in [1.165, 1.54) is 12.1 Å². The second kappa shape index (κ2) is 11.4. The molecule has 212 valence electrons. The van der Waals surface area contributed by atoms with Gasteiger partial charge in [-0.2, -0.15) is 13.2 Å². The van der Waals surface area contributed by atoms with Gasteiger partial charge in [0, 0.05) is 48.8 Å². The highest BCUT2D eigenvalue weighted by Gasteiger charge is 2.36. The zero-order valence-electron chi connectivity index (χ0n) is 21.9. The molecule has 3 N–H and O–H groups in total. The molecule has 1 unspecified atom stereocenters. The van der Waals surface area contributed by atoms with Crippen LogP contribution in [0.1, 0.15) is 53.6 Å². The lowest BCUT2D eigenvalue weighted by atomic mass is 9.77. The molecule has 0 bridgehead atoms. The molecule has 1 aliphatic heterocycles. The SMILES string of the molecule is O=C(NCC(=O)N1CCC(NC2CCC(O)(c3ccc(-n4ccnc4)cc3)CC2)C1)c1cccc(C(F)(F)F)c1. The lowest BCUT2D eigenvalue weighted by Gasteiger charge is -2.37. The summed E-state index contributed by atoms with van der Waals surface area (Å²) in [5, 5.41) is 17.4. The molecular weight excluding hydrogens is 523 g/mol. The summed E-state index contributed by atoms with van der Waals surface area (Å²) in [5.74, 6) is -0.999. The number of amides is 2. The number of alkyl halides is 3. The van der Waals surface area contributed by atoms with E-state index < -0.39 is 23.2 Å². The molecule has 3 aromatic rings. The maximum atomic E-state index is 12.9. The first-order chi connectivity index (χ1) is 19.1. The van der Waals surface area contributed by atoms with Crippen molar-refractivity contribution in [3.05, 3.63) is 83.9 Å². The summed E-state index contributed by atoms with van der Waals surface area (Å²) < 4.78 is 40.7. The highest BCUT2D eigenvalue weighted by atomic mass is 19.4. The number of hydrogen-bond donors (Lipinski definition) is 3. The monoisotopic (exact) mass is 555 g/mol. The Labute approximate surface area is 230 Å². The number of aliphatic hydroxyl groups is 1. The first-order valence-electron chi connectivity index (χ1n) is 13.4. The Balaban J connectivity index is 1.06. The summed E-state index contributed by atoms with van der Waals surface area (Å²) in [7, 11) is 0. The molecule has 1 atom stereocenters. The predicted molar refractivity (Wildman–Crippen MR) is 142 cm³/mol. The van der Waals surface area contributed by atoms with E-state index in [-0.39, 0.29) is 30.1 Å². The summed E-state index contributed by atoms with van der Waals surface area (Å²) >= 11 is 0. The van der Waals surface area contributed by atoms with E-state index in [9.17, 15) is 27.9 Å². The Kier molecular flexibility index (Phi) is 7.95. The minimum atomic E-state index is -4.55. The largest absolute Gasteiger partial charge is 0.416 e. The second-order valence-corrected chi connectivity index (χ2v) is 10.6. The van der Waals surface area contributed by atoms with Gasteiger partial charge in [0.05, 0.1) is 24.0 Å². The van der Waals surface area contributed by atoms with Crippen LogP contribution in [0.2, 0.25) is 0 Å². The molecular formula is C29H32F3N5O3. The van der Waals surface area contributed by atoms with Gasteiger partial charge in [0.2, 0.25) is 5.91 Å². The van der Waals surface area contributed by atoms with Gasteiger partial charge in [-0.05, 0) is 68.0 Å². The molecule has 1 aromatic heterocycles. The van der Waals surface area contributed by atoms with Crippen molar-refractivity contribution in [3.8, 4) is 5.69 Å². The van der Waals surface area contributed by atoms with Crippen LogP contribution in [0.15, 0.2) is 67.3 Å². The van der Waals surface area contributed by atoms with Crippen molar-refractivity contribution in [1.82, 2.24) is 25.1 Å². The van der Waals surface area contributed by atoms with Gasteiger partial charge in [-0.1, -0.05) is 18.2 Å². The molecule has 8 nitrogen and oxygen atoms in total. The van der Waals surface area contributed by atoms with Gasteiger partial charge in [-0.3, -0.25) is 9.59 Å². The number of nitrogens with zero attached hydrogens (tertiary/aromatic N) is 3. The number of halogens is 3.